The second-order valence-corrected chi connectivity index (χ2v) is 5.25. The SMILES string of the molecule is O=C(NCc1cn2ccccc2n1)c1cnnn1-c1ccccc1. The maximum Gasteiger partial charge on any atom is 0.272 e. The molecule has 24 heavy (non-hydrogen) atoms. The molecule has 0 atom stereocenters. The van der Waals surface area contributed by atoms with Crippen molar-refractivity contribution in [2.45, 2.75) is 6.54 Å². The Bertz CT molecular complexity index is 955. The molecule has 118 valence electrons. The summed E-state index contributed by atoms with van der Waals surface area (Å²) in [5.41, 5.74) is 2.80. The van der Waals surface area contributed by atoms with Crippen LogP contribution in [0.2, 0.25) is 0 Å². The van der Waals surface area contributed by atoms with Crippen LogP contribution in [0.3, 0.4) is 0 Å². The number of carbonyl (C=O) groups excluding carboxylic acids is 1. The maximum atomic E-state index is 12.4. The van der Waals surface area contributed by atoms with Gasteiger partial charge in [-0.25, -0.2) is 9.67 Å². The molecule has 3 heterocycles. The minimum absolute atomic E-state index is 0.249. The second kappa shape index (κ2) is 5.96. The van der Waals surface area contributed by atoms with E-state index < -0.39 is 0 Å². The fraction of sp³-hybridized carbons (Fsp3) is 0.0588. The van der Waals surface area contributed by atoms with E-state index in [1.807, 2.05) is 65.3 Å². The minimum Gasteiger partial charge on any atom is -0.345 e. The molecule has 0 unspecified atom stereocenters. The molecule has 0 saturated heterocycles. The number of aromatic nitrogens is 5. The predicted octanol–water partition coefficient (Wildman–Crippen LogP) is 1.84. The van der Waals surface area contributed by atoms with Gasteiger partial charge >= 0.3 is 0 Å². The lowest BCUT2D eigenvalue weighted by Crippen LogP contribution is -2.25. The average Bonchev–Trinajstić information content (AvgIpc) is 3.27. The number of nitrogens with zero attached hydrogens (tertiary/aromatic N) is 5. The Morgan fingerprint density at radius 3 is 2.75 bits per heavy atom. The van der Waals surface area contributed by atoms with Crippen molar-refractivity contribution in [3.63, 3.8) is 0 Å². The van der Waals surface area contributed by atoms with Gasteiger partial charge in [0.25, 0.3) is 5.91 Å². The van der Waals surface area contributed by atoms with Gasteiger partial charge in [-0.15, -0.1) is 5.10 Å². The highest BCUT2D eigenvalue weighted by Gasteiger charge is 2.14. The summed E-state index contributed by atoms with van der Waals surface area (Å²) >= 11 is 0. The number of para-hydroxylation sites is 1. The van der Waals surface area contributed by atoms with Crippen LogP contribution in [0.25, 0.3) is 11.3 Å². The molecule has 0 fully saturated rings. The molecule has 4 rings (SSSR count). The summed E-state index contributed by atoms with van der Waals surface area (Å²) < 4.78 is 3.43. The zero-order valence-electron chi connectivity index (χ0n) is 12.7. The predicted molar refractivity (Wildman–Crippen MR) is 87.7 cm³/mol. The van der Waals surface area contributed by atoms with Crippen LogP contribution in [0.1, 0.15) is 16.2 Å². The van der Waals surface area contributed by atoms with E-state index in [1.165, 1.54) is 10.9 Å². The molecule has 1 aromatic carbocycles. The Hall–Kier alpha value is -3.48. The first-order valence-corrected chi connectivity index (χ1v) is 7.48. The number of pyridine rings is 1. The Balaban J connectivity index is 1.52. The van der Waals surface area contributed by atoms with Crippen molar-refractivity contribution in [1.82, 2.24) is 29.7 Å². The zero-order valence-corrected chi connectivity index (χ0v) is 12.7. The first kappa shape index (κ1) is 14.1. The lowest BCUT2D eigenvalue weighted by molar-refractivity contribution is 0.0942. The molecule has 7 nitrogen and oxygen atoms in total. The van der Waals surface area contributed by atoms with Gasteiger partial charge in [-0.2, -0.15) is 0 Å². The molecule has 7 heteroatoms. The number of carbonyl (C=O) groups is 1. The average molecular weight is 318 g/mol. The Labute approximate surface area is 137 Å². The lowest BCUT2D eigenvalue weighted by Gasteiger charge is -2.06. The number of amides is 1. The van der Waals surface area contributed by atoms with Crippen molar-refractivity contribution in [2.24, 2.45) is 0 Å². The van der Waals surface area contributed by atoms with E-state index in [0.717, 1.165) is 17.0 Å². The summed E-state index contributed by atoms with van der Waals surface area (Å²) in [5, 5.41) is 10.7. The number of imidazole rings is 1. The maximum absolute atomic E-state index is 12.4. The highest BCUT2D eigenvalue weighted by Crippen LogP contribution is 2.09. The van der Waals surface area contributed by atoms with E-state index in [2.05, 4.69) is 20.6 Å². The normalized spacial score (nSPS) is 10.8. The molecule has 0 saturated carbocycles. The molecular weight excluding hydrogens is 304 g/mol. The van der Waals surface area contributed by atoms with E-state index in [9.17, 15) is 4.79 Å². The molecule has 0 aliphatic carbocycles. The van der Waals surface area contributed by atoms with Crippen molar-refractivity contribution in [3.8, 4) is 5.69 Å². The number of hydrogen-bond acceptors (Lipinski definition) is 4. The monoisotopic (exact) mass is 318 g/mol. The Morgan fingerprint density at radius 1 is 1.08 bits per heavy atom. The smallest absolute Gasteiger partial charge is 0.272 e. The van der Waals surface area contributed by atoms with Crippen LogP contribution in [-0.2, 0) is 6.54 Å². The largest absolute Gasteiger partial charge is 0.345 e. The second-order valence-electron chi connectivity index (χ2n) is 5.25. The van der Waals surface area contributed by atoms with Gasteiger partial charge in [0.05, 0.1) is 24.1 Å². The number of benzene rings is 1. The highest BCUT2D eigenvalue weighted by molar-refractivity contribution is 5.92. The summed E-state index contributed by atoms with van der Waals surface area (Å²) in [5.74, 6) is -0.249. The molecule has 1 N–H and O–H groups in total. The van der Waals surface area contributed by atoms with Gasteiger partial charge in [0.2, 0.25) is 0 Å². The molecular formula is C17H14N6O. The lowest BCUT2D eigenvalue weighted by atomic mass is 10.3. The van der Waals surface area contributed by atoms with Crippen LogP contribution in [-0.4, -0.2) is 30.3 Å². The van der Waals surface area contributed by atoms with E-state index in [1.54, 1.807) is 0 Å². The topological polar surface area (TPSA) is 77.1 Å². The van der Waals surface area contributed by atoms with Gasteiger partial charge in [0.1, 0.15) is 5.65 Å². The van der Waals surface area contributed by atoms with Gasteiger partial charge in [-0.05, 0) is 24.3 Å². The first-order chi connectivity index (χ1) is 11.8. The molecule has 0 aliphatic rings. The fourth-order valence-electron chi connectivity index (χ4n) is 2.48. The molecule has 0 spiro atoms. The number of nitrogens with one attached hydrogen (secondary N) is 1. The third kappa shape index (κ3) is 2.63. The third-order valence-electron chi connectivity index (χ3n) is 3.63. The van der Waals surface area contributed by atoms with E-state index in [0.29, 0.717) is 12.2 Å². The molecule has 0 radical (unpaired) electrons. The Kier molecular flexibility index (Phi) is 3.51. The van der Waals surface area contributed by atoms with Crippen molar-refractivity contribution in [3.05, 3.63) is 78.5 Å². The summed E-state index contributed by atoms with van der Waals surface area (Å²) in [6.07, 6.45) is 5.26. The van der Waals surface area contributed by atoms with Crippen LogP contribution in [0, 0.1) is 0 Å². The quantitative estimate of drug-likeness (QED) is 0.623. The third-order valence-corrected chi connectivity index (χ3v) is 3.63. The van der Waals surface area contributed by atoms with Crippen LogP contribution in [0.5, 0.6) is 0 Å². The first-order valence-electron chi connectivity index (χ1n) is 7.48. The molecule has 1 amide bonds. The van der Waals surface area contributed by atoms with Crippen LogP contribution >= 0.6 is 0 Å². The standard InChI is InChI=1S/C17H14N6O/c24-17(15-11-19-21-23(15)14-6-2-1-3-7-14)18-10-13-12-22-9-5-4-8-16(22)20-13/h1-9,11-12H,10H2,(H,18,24). The van der Waals surface area contributed by atoms with E-state index in [-0.39, 0.29) is 5.91 Å². The van der Waals surface area contributed by atoms with Crippen molar-refractivity contribution >= 4 is 11.6 Å². The number of hydrogen-bond donors (Lipinski definition) is 1. The van der Waals surface area contributed by atoms with Crippen LogP contribution in [0.4, 0.5) is 0 Å². The van der Waals surface area contributed by atoms with Crippen LogP contribution < -0.4 is 5.32 Å². The van der Waals surface area contributed by atoms with E-state index >= 15 is 0 Å². The molecule has 0 bridgehead atoms. The van der Waals surface area contributed by atoms with Gasteiger partial charge < -0.3 is 9.72 Å². The Morgan fingerprint density at radius 2 is 1.92 bits per heavy atom. The number of rotatable bonds is 4. The van der Waals surface area contributed by atoms with Crippen molar-refractivity contribution in [2.75, 3.05) is 0 Å². The van der Waals surface area contributed by atoms with Crippen molar-refractivity contribution < 1.29 is 4.79 Å². The minimum atomic E-state index is -0.249. The summed E-state index contributed by atoms with van der Waals surface area (Å²) in [4.78, 5) is 16.9. The summed E-state index contributed by atoms with van der Waals surface area (Å²) in [6, 6.07) is 15.2. The van der Waals surface area contributed by atoms with Gasteiger partial charge in [0, 0.05) is 12.4 Å². The van der Waals surface area contributed by atoms with Gasteiger partial charge in [-0.1, -0.05) is 29.5 Å². The van der Waals surface area contributed by atoms with E-state index in [4.69, 9.17) is 0 Å². The summed E-state index contributed by atoms with van der Waals surface area (Å²) in [7, 11) is 0. The van der Waals surface area contributed by atoms with Gasteiger partial charge in [-0.3, -0.25) is 4.79 Å². The number of fused-ring (bicyclic) bond motifs is 1. The van der Waals surface area contributed by atoms with Gasteiger partial charge in [0.15, 0.2) is 5.69 Å². The fourth-order valence-corrected chi connectivity index (χ4v) is 2.48. The summed E-state index contributed by atoms with van der Waals surface area (Å²) in [6.45, 7) is 0.334. The molecule has 4 aromatic rings. The molecule has 0 aliphatic heterocycles. The van der Waals surface area contributed by atoms with Crippen LogP contribution in [0.15, 0.2) is 67.1 Å². The highest BCUT2D eigenvalue weighted by atomic mass is 16.2. The van der Waals surface area contributed by atoms with Crippen molar-refractivity contribution in [1.29, 1.82) is 0 Å². The molecule has 3 aromatic heterocycles. The zero-order chi connectivity index (χ0) is 16.4.